The number of fused-ring (bicyclic) bond motifs is 1. The van der Waals surface area contributed by atoms with E-state index < -0.39 is 10.2 Å². The Labute approximate surface area is 179 Å². The van der Waals surface area contributed by atoms with Crippen molar-refractivity contribution in [1.82, 2.24) is 24.4 Å². The van der Waals surface area contributed by atoms with Crippen molar-refractivity contribution in [3.8, 4) is 11.4 Å². The predicted molar refractivity (Wildman–Crippen MR) is 115 cm³/mol. The van der Waals surface area contributed by atoms with Gasteiger partial charge in [0.25, 0.3) is 0 Å². The van der Waals surface area contributed by atoms with Gasteiger partial charge in [-0.25, -0.2) is 0 Å². The van der Waals surface area contributed by atoms with E-state index in [1.807, 2.05) is 35.8 Å². The number of aromatic nitrogens is 3. The maximum absolute atomic E-state index is 12.2. The lowest BCUT2D eigenvalue weighted by molar-refractivity contribution is 0.310. The summed E-state index contributed by atoms with van der Waals surface area (Å²) in [5.74, 6) is 1.97. The molecule has 2 aliphatic rings. The van der Waals surface area contributed by atoms with Crippen LogP contribution in [0.25, 0.3) is 11.4 Å². The van der Waals surface area contributed by atoms with Crippen LogP contribution < -0.4 is 4.72 Å². The van der Waals surface area contributed by atoms with Gasteiger partial charge in [-0.15, -0.1) is 14.6 Å². The molecule has 1 N–H and O–H groups in total. The van der Waals surface area contributed by atoms with Gasteiger partial charge >= 0.3 is 10.2 Å². The molecule has 1 aromatic heterocycles. The van der Waals surface area contributed by atoms with E-state index in [0.29, 0.717) is 29.6 Å². The Morgan fingerprint density at radius 2 is 2.00 bits per heavy atom. The van der Waals surface area contributed by atoms with Crippen LogP contribution in [0.4, 0.5) is 0 Å². The fourth-order valence-corrected chi connectivity index (χ4v) is 5.97. The van der Waals surface area contributed by atoms with Crippen LogP contribution in [0.3, 0.4) is 0 Å². The first-order valence-electron chi connectivity index (χ1n) is 9.66. The van der Waals surface area contributed by atoms with E-state index in [2.05, 4.69) is 24.2 Å². The number of hydrogen-bond acceptors (Lipinski definition) is 6. The quantitative estimate of drug-likeness (QED) is 0.697. The summed E-state index contributed by atoms with van der Waals surface area (Å²) >= 11 is 7.49. The molecule has 0 amide bonds. The van der Waals surface area contributed by atoms with Crippen molar-refractivity contribution >= 4 is 39.4 Å². The fraction of sp³-hybridized carbons (Fsp3) is 0.500. The summed E-state index contributed by atoms with van der Waals surface area (Å²) in [5, 5.41) is 10.1. The van der Waals surface area contributed by atoms with Gasteiger partial charge in [-0.2, -0.15) is 13.1 Å². The van der Waals surface area contributed by atoms with Crippen LogP contribution in [-0.4, -0.2) is 52.4 Å². The molecule has 156 valence electrons. The van der Waals surface area contributed by atoms with Gasteiger partial charge in [-0.05, 0) is 44.0 Å². The first kappa shape index (κ1) is 20.6. The van der Waals surface area contributed by atoms with E-state index >= 15 is 0 Å². The van der Waals surface area contributed by atoms with Crippen LogP contribution in [-0.2, 0) is 16.8 Å². The van der Waals surface area contributed by atoms with Crippen LogP contribution in [0.2, 0.25) is 5.02 Å². The molecule has 1 aromatic carbocycles. The van der Waals surface area contributed by atoms with Crippen molar-refractivity contribution in [2.24, 2.45) is 4.40 Å². The van der Waals surface area contributed by atoms with Crippen molar-refractivity contribution in [3.63, 3.8) is 0 Å². The number of halogens is 1. The number of rotatable bonds is 5. The molecule has 0 aliphatic carbocycles. The van der Waals surface area contributed by atoms with Gasteiger partial charge in [0.1, 0.15) is 12.0 Å². The molecule has 0 unspecified atom stereocenters. The van der Waals surface area contributed by atoms with E-state index in [1.54, 1.807) is 0 Å². The van der Waals surface area contributed by atoms with Crippen molar-refractivity contribution in [3.05, 3.63) is 29.3 Å². The van der Waals surface area contributed by atoms with Gasteiger partial charge in [0.05, 0.1) is 0 Å². The molecule has 0 bridgehead atoms. The van der Waals surface area contributed by atoms with Gasteiger partial charge in [-0.1, -0.05) is 29.8 Å². The smallest absolute Gasteiger partial charge is 0.323 e. The van der Waals surface area contributed by atoms with Crippen molar-refractivity contribution in [2.45, 2.75) is 50.5 Å². The average molecular weight is 455 g/mol. The maximum atomic E-state index is 12.2. The molecule has 11 heteroatoms. The normalized spacial score (nSPS) is 21.4. The van der Waals surface area contributed by atoms with Crippen molar-refractivity contribution < 1.29 is 8.42 Å². The molecular formula is C18H23ClN6O2S2. The summed E-state index contributed by atoms with van der Waals surface area (Å²) in [5.41, 5.74) is 0.941. The first-order chi connectivity index (χ1) is 14.0. The topological polar surface area (TPSA) is 92.5 Å². The number of nitrogens with one attached hydrogen (secondary N) is 1. The van der Waals surface area contributed by atoms with Crippen molar-refractivity contribution in [2.75, 3.05) is 12.3 Å². The monoisotopic (exact) mass is 454 g/mol. The van der Waals surface area contributed by atoms with Gasteiger partial charge in [0, 0.05) is 35.8 Å². The Balaban J connectivity index is 1.54. The average Bonchev–Trinajstić information content (AvgIpc) is 2.95. The highest BCUT2D eigenvalue weighted by molar-refractivity contribution is 7.99. The summed E-state index contributed by atoms with van der Waals surface area (Å²) < 4.78 is 33.1. The molecule has 0 radical (unpaired) electrons. The molecular weight excluding hydrogens is 432 g/mol. The van der Waals surface area contributed by atoms with Gasteiger partial charge in [0.2, 0.25) is 0 Å². The Hall–Kier alpha value is -1.62. The summed E-state index contributed by atoms with van der Waals surface area (Å²) in [6.45, 7) is 3.55. The second-order valence-electron chi connectivity index (χ2n) is 6.99. The molecule has 0 saturated carbocycles. The lowest BCUT2D eigenvalue weighted by atomic mass is 10.2. The summed E-state index contributed by atoms with van der Waals surface area (Å²) in [6, 6.07) is 7.50. The number of benzene rings is 1. The molecule has 1 fully saturated rings. The molecule has 29 heavy (non-hydrogen) atoms. The van der Waals surface area contributed by atoms with E-state index in [4.69, 9.17) is 11.6 Å². The lowest BCUT2D eigenvalue weighted by Gasteiger charge is -2.35. The summed E-state index contributed by atoms with van der Waals surface area (Å²) in [7, 11) is -3.65. The zero-order chi connectivity index (χ0) is 20.4. The van der Waals surface area contributed by atoms with Crippen LogP contribution >= 0.6 is 23.4 Å². The van der Waals surface area contributed by atoms with Crippen LogP contribution in [0.1, 0.15) is 32.6 Å². The number of hydrogen-bond donors (Lipinski definition) is 1. The SMILES string of the molecule is CCn1c(SC[C@@H]2NS(=O)(=O)N=C3CCCCCN32)nnc1-c1ccc(Cl)cc1. The van der Waals surface area contributed by atoms with E-state index in [1.165, 1.54) is 11.8 Å². The molecule has 0 spiro atoms. The zero-order valence-electron chi connectivity index (χ0n) is 16.1. The first-order valence-corrected chi connectivity index (χ1v) is 12.5. The van der Waals surface area contributed by atoms with Crippen molar-refractivity contribution in [1.29, 1.82) is 0 Å². The van der Waals surface area contributed by atoms with Crippen LogP contribution in [0, 0.1) is 0 Å². The third kappa shape index (κ3) is 4.60. The number of nitrogens with zero attached hydrogens (tertiary/aromatic N) is 5. The Bertz CT molecular complexity index is 1010. The zero-order valence-corrected chi connectivity index (χ0v) is 18.5. The maximum Gasteiger partial charge on any atom is 0.323 e. The molecule has 1 atom stereocenters. The molecule has 4 rings (SSSR count). The highest BCUT2D eigenvalue weighted by atomic mass is 35.5. The Morgan fingerprint density at radius 3 is 2.76 bits per heavy atom. The minimum atomic E-state index is -3.65. The van der Waals surface area contributed by atoms with E-state index in [0.717, 1.165) is 42.4 Å². The molecule has 2 aliphatic heterocycles. The minimum absolute atomic E-state index is 0.336. The second kappa shape index (κ2) is 8.63. The molecule has 2 aromatic rings. The van der Waals surface area contributed by atoms with Gasteiger partial charge in [-0.3, -0.25) is 0 Å². The molecule has 8 nitrogen and oxygen atoms in total. The highest BCUT2D eigenvalue weighted by Crippen LogP contribution is 2.27. The second-order valence-corrected chi connectivity index (χ2v) is 9.78. The van der Waals surface area contributed by atoms with Crippen LogP contribution in [0.5, 0.6) is 0 Å². The Morgan fingerprint density at radius 1 is 1.21 bits per heavy atom. The van der Waals surface area contributed by atoms with Gasteiger partial charge in [0.15, 0.2) is 11.0 Å². The van der Waals surface area contributed by atoms with Crippen LogP contribution in [0.15, 0.2) is 33.8 Å². The largest absolute Gasteiger partial charge is 0.342 e. The standard InChI is InChI=1S/C18H23ClN6O2S2/c1-2-24-17(13-7-9-14(19)10-8-13)20-21-18(24)28-12-16-23-29(26,27)22-15-6-4-3-5-11-25(15)16/h7-10,16,23H,2-6,11-12H2,1H3/t16-/m1/s1. The predicted octanol–water partition coefficient (Wildman–Crippen LogP) is 3.16. The van der Waals surface area contributed by atoms with E-state index in [-0.39, 0.29) is 6.17 Å². The highest BCUT2D eigenvalue weighted by Gasteiger charge is 2.33. The third-order valence-electron chi connectivity index (χ3n) is 5.02. The fourth-order valence-electron chi connectivity index (χ4n) is 3.62. The minimum Gasteiger partial charge on any atom is -0.342 e. The van der Waals surface area contributed by atoms with Gasteiger partial charge < -0.3 is 9.47 Å². The molecule has 1 saturated heterocycles. The number of amidine groups is 1. The summed E-state index contributed by atoms with van der Waals surface area (Å²) in [4.78, 5) is 2.09. The van der Waals surface area contributed by atoms with E-state index in [9.17, 15) is 8.42 Å². The number of thioether (sulfide) groups is 1. The summed E-state index contributed by atoms with van der Waals surface area (Å²) in [6.07, 6.45) is 3.46. The Kier molecular flexibility index (Phi) is 6.14. The third-order valence-corrected chi connectivity index (χ3v) is 7.34. The molecule has 3 heterocycles. The lowest BCUT2D eigenvalue weighted by Crippen LogP contribution is -2.55.